The van der Waals surface area contributed by atoms with Crippen LogP contribution in [0.4, 0.5) is 5.69 Å². The Kier molecular flexibility index (Phi) is 7.58. The Hall–Kier alpha value is -2.29. The van der Waals surface area contributed by atoms with Crippen LogP contribution in [0.15, 0.2) is 59.5 Å². The average Bonchev–Trinajstić information content (AvgIpc) is 2.74. The molecule has 0 unspecified atom stereocenters. The van der Waals surface area contributed by atoms with E-state index >= 15 is 0 Å². The highest BCUT2D eigenvalue weighted by Gasteiger charge is 2.28. The van der Waals surface area contributed by atoms with E-state index in [1.54, 1.807) is 31.3 Å². The van der Waals surface area contributed by atoms with Gasteiger partial charge in [0.2, 0.25) is 15.9 Å². The average molecular weight is 446 g/mol. The summed E-state index contributed by atoms with van der Waals surface area (Å²) in [5.41, 5.74) is 1.51. The number of hydrogen-bond acceptors (Lipinski definition) is 4. The zero-order valence-corrected chi connectivity index (χ0v) is 18.6. The predicted octanol–water partition coefficient (Wildman–Crippen LogP) is 3.70. The lowest BCUT2D eigenvalue weighted by Crippen LogP contribution is -2.38. The molecule has 6 nitrogen and oxygen atoms in total. The van der Waals surface area contributed by atoms with Gasteiger partial charge < -0.3 is 10.6 Å². The minimum atomic E-state index is -3.53. The van der Waals surface area contributed by atoms with Crippen molar-refractivity contribution in [3.63, 3.8) is 0 Å². The standard InChI is InChI=1S/C22H27N3O3S2/c1-25(19-10-6-3-7-11-19)30(27,28)20-14-12-18(13-15-20)23-22(29)24-21(26)16-17-8-4-2-5-9-17/h2,4-5,8-9,12-15,19H,3,6-7,10-11,16H2,1H3,(H2,23,24,26,29). The van der Waals surface area contributed by atoms with Crippen molar-refractivity contribution in [2.45, 2.75) is 49.5 Å². The van der Waals surface area contributed by atoms with Gasteiger partial charge in [-0.3, -0.25) is 4.79 Å². The highest BCUT2D eigenvalue weighted by Crippen LogP contribution is 2.27. The van der Waals surface area contributed by atoms with Gasteiger partial charge in [0.25, 0.3) is 0 Å². The monoisotopic (exact) mass is 445 g/mol. The van der Waals surface area contributed by atoms with Gasteiger partial charge in [-0.2, -0.15) is 4.31 Å². The fraction of sp³-hybridized carbons (Fsp3) is 0.364. The van der Waals surface area contributed by atoms with Crippen molar-refractivity contribution in [3.8, 4) is 0 Å². The largest absolute Gasteiger partial charge is 0.332 e. The van der Waals surface area contributed by atoms with E-state index < -0.39 is 10.0 Å². The summed E-state index contributed by atoms with van der Waals surface area (Å²) in [4.78, 5) is 12.4. The Morgan fingerprint density at radius 3 is 2.30 bits per heavy atom. The molecule has 3 rings (SSSR count). The van der Waals surface area contributed by atoms with Gasteiger partial charge in [0.1, 0.15) is 0 Å². The van der Waals surface area contributed by atoms with Gasteiger partial charge in [0, 0.05) is 18.8 Å². The third kappa shape index (κ3) is 5.87. The van der Waals surface area contributed by atoms with Gasteiger partial charge in [-0.05, 0) is 54.9 Å². The molecule has 0 radical (unpaired) electrons. The fourth-order valence-electron chi connectivity index (χ4n) is 3.63. The van der Waals surface area contributed by atoms with Crippen LogP contribution in [0.5, 0.6) is 0 Å². The SMILES string of the molecule is CN(C1CCCCC1)S(=O)(=O)c1ccc(NC(=S)NC(=O)Cc2ccccc2)cc1. The van der Waals surface area contributed by atoms with Gasteiger partial charge >= 0.3 is 0 Å². The Morgan fingerprint density at radius 1 is 1.03 bits per heavy atom. The van der Waals surface area contributed by atoms with Gasteiger partial charge in [-0.1, -0.05) is 49.6 Å². The normalized spacial score (nSPS) is 15.0. The summed E-state index contributed by atoms with van der Waals surface area (Å²) < 4.78 is 27.3. The van der Waals surface area contributed by atoms with E-state index in [0.29, 0.717) is 5.69 Å². The Bertz CT molecular complexity index is 970. The molecule has 0 heterocycles. The predicted molar refractivity (Wildman–Crippen MR) is 123 cm³/mol. The maximum Gasteiger partial charge on any atom is 0.243 e. The van der Waals surface area contributed by atoms with Crippen LogP contribution in [0.2, 0.25) is 0 Å². The molecule has 0 atom stereocenters. The number of thiocarbonyl (C=S) groups is 1. The molecule has 1 fully saturated rings. The second-order valence-electron chi connectivity index (χ2n) is 7.50. The lowest BCUT2D eigenvalue weighted by molar-refractivity contribution is -0.119. The lowest BCUT2D eigenvalue weighted by Gasteiger charge is -2.30. The molecule has 30 heavy (non-hydrogen) atoms. The van der Waals surface area contributed by atoms with Crippen LogP contribution in [0.1, 0.15) is 37.7 Å². The van der Waals surface area contributed by atoms with Crippen LogP contribution in [-0.2, 0) is 21.2 Å². The minimum Gasteiger partial charge on any atom is -0.332 e. The molecule has 0 bridgehead atoms. The molecular formula is C22H27N3O3S2. The summed E-state index contributed by atoms with van der Waals surface area (Å²) in [6.45, 7) is 0. The van der Waals surface area contributed by atoms with Crippen molar-refractivity contribution in [2.24, 2.45) is 0 Å². The molecule has 0 spiro atoms. The van der Waals surface area contributed by atoms with Crippen LogP contribution in [-0.4, -0.2) is 36.8 Å². The number of nitrogens with one attached hydrogen (secondary N) is 2. The Balaban J connectivity index is 1.57. The van der Waals surface area contributed by atoms with Crippen molar-refractivity contribution >= 4 is 38.9 Å². The lowest BCUT2D eigenvalue weighted by atomic mass is 9.96. The molecule has 1 saturated carbocycles. The quantitative estimate of drug-likeness (QED) is 0.663. The first kappa shape index (κ1) is 22.4. The number of benzene rings is 2. The third-order valence-corrected chi connectivity index (χ3v) is 7.47. The molecule has 2 N–H and O–H groups in total. The maximum absolute atomic E-state index is 12.9. The molecule has 1 aliphatic carbocycles. The van der Waals surface area contributed by atoms with Crippen LogP contribution < -0.4 is 10.6 Å². The maximum atomic E-state index is 12.9. The number of hydrogen-bond donors (Lipinski definition) is 2. The Labute approximate surface area is 183 Å². The van der Waals surface area contributed by atoms with Crippen molar-refractivity contribution in [1.29, 1.82) is 0 Å². The topological polar surface area (TPSA) is 78.5 Å². The number of anilines is 1. The minimum absolute atomic E-state index is 0.0638. The summed E-state index contributed by atoms with van der Waals surface area (Å²) in [5.74, 6) is -0.216. The first-order valence-corrected chi connectivity index (χ1v) is 11.9. The molecule has 0 aliphatic heterocycles. The number of carbonyl (C=O) groups is 1. The molecule has 1 amide bonds. The summed E-state index contributed by atoms with van der Waals surface area (Å²) in [6.07, 6.45) is 5.36. The van der Waals surface area contributed by atoms with Crippen molar-refractivity contribution in [3.05, 3.63) is 60.2 Å². The van der Waals surface area contributed by atoms with E-state index in [1.165, 1.54) is 10.7 Å². The zero-order chi connectivity index (χ0) is 21.6. The van der Waals surface area contributed by atoms with Gasteiger partial charge in [-0.15, -0.1) is 0 Å². The van der Waals surface area contributed by atoms with E-state index in [1.807, 2.05) is 30.3 Å². The van der Waals surface area contributed by atoms with Gasteiger partial charge in [0.05, 0.1) is 11.3 Å². The van der Waals surface area contributed by atoms with Crippen molar-refractivity contribution in [2.75, 3.05) is 12.4 Å². The van der Waals surface area contributed by atoms with E-state index in [2.05, 4.69) is 10.6 Å². The van der Waals surface area contributed by atoms with Gasteiger partial charge in [0.15, 0.2) is 5.11 Å². The molecule has 0 aromatic heterocycles. The van der Waals surface area contributed by atoms with Crippen LogP contribution in [0, 0.1) is 0 Å². The van der Waals surface area contributed by atoms with Crippen molar-refractivity contribution < 1.29 is 13.2 Å². The smallest absolute Gasteiger partial charge is 0.243 e. The third-order valence-electron chi connectivity index (χ3n) is 5.34. The van der Waals surface area contributed by atoms with E-state index in [-0.39, 0.29) is 28.4 Å². The highest BCUT2D eigenvalue weighted by molar-refractivity contribution is 7.89. The molecule has 0 saturated heterocycles. The number of carbonyl (C=O) groups excluding carboxylic acids is 1. The van der Waals surface area contributed by atoms with Crippen molar-refractivity contribution in [1.82, 2.24) is 9.62 Å². The van der Waals surface area contributed by atoms with Crippen LogP contribution in [0.25, 0.3) is 0 Å². The van der Waals surface area contributed by atoms with E-state index in [4.69, 9.17) is 12.2 Å². The first-order chi connectivity index (χ1) is 14.4. The second-order valence-corrected chi connectivity index (χ2v) is 9.91. The molecule has 160 valence electrons. The van der Waals surface area contributed by atoms with Gasteiger partial charge in [-0.25, -0.2) is 8.42 Å². The summed E-state index contributed by atoms with van der Waals surface area (Å²) in [7, 11) is -1.87. The molecule has 1 aliphatic rings. The summed E-state index contributed by atoms with van der Waals surface area (Å²) >= 11 is 5.19. The first-order valence-electron chi connectivity index (χ1n) is 10.1. The highest BCUT2D eigenvalue weighted by atomic mass is 32.2. The zero-order valence-electron chi connectivity index (χ0n) is 17.0. The molecule has 2 aromatic rings. The van der Waals surface area contributed by atoms with Crippen LogP contribution in [0.3, 0.4) is 0 Å². The molecule has 2 aromatic carbocycles. The Morgan fingerprint density at radius 2 is 1.67 bits per heavy atom. The molecular weight excluding hydrogens is 418 g/mol. The van der Waals surface area contributed by atoms with E-state index in [0.717, 1.165) is 31.2 Å². The number of sulfonamides is 1. The molecule has 8 heteroatoms. The number of nitrogens with zero attached hydrogens (tertiary/aromatic N) is 1. The number of rotatable bonds is 6. The summed E-state index contributed by atoms with van der Waals surface area (Å²) in [6, 6.07) is 15.9. The fourth-order valence-corrected chi connectivity index (χ4v) is 5.28. The van der Waals surface area contributed by atoms with E-state index in [9.17, 15) is 13.2 Å². The second kappa shape index (κ2) is 10.1. The number of amides is 1. The summed E-state index contributed by atoms with van der Waals surface area (Å²) in [5, 5.41) is 5.73. The van der Waals surface area contributed by atoms with Crippen LogP contribution >= 0.6 is 12.2 Å².